The summed E-state index contributed by atoms with van der Waals surface area (Å²) in [7, 11) is 0. The molecule has 0 aromatic rings. The molecular formula is C18H34N2. The van der Waals surface area contributed by atoms with Gasteiger partial charge in [0.05, 0.1) is 0 Å². The van der Waals surface area contributed by atoms with E-state index in [1.807, 2.05) is 0 Å². The summed E-state index contributed by atoms with van der Waals surface area (Å²) in [6.07, 6.45) is 13.1. The Morgan fingerprint density at radius 1 is 1.10 bits per heavy atom. The van der Waals surface area contributed by atoms with Crippen molar-refractivity contribution in [1.29, 1.82) is 0 Å². The fourth-order valence-corrected chi connectivity index (χ4v) is 4.66. The normalized spacial score (nSPS) is 31.6. The Morgan fingerprint density at radius 2 is 1.85 bits per heavy atom. The Kier molecular flexibility index (Phi) is 4.72. The fourth-order valence-electron chi connectivity index (χ4n) is 4.66. The van der Waals surface area contributed by atoms with Gasteiger partial charge in [0, 0.05) is 31.2 Å². The molecule has 1 aliphatic heterocycles. The Morgan fingerprint density at radius 3 is 2.45 bits per heavy atom. The first-order chi connectivity index (χ1) is 9.68. The molecule has 2 heteroatoms. The first kappa shape index (κ1) is 14.8. The second-order valence-corrected chi connectivity index (χ2v) is 8.19. The molecule has 2 nitrogen and oxygen atoms in total. The van der Waals surface area contributed by atoms with E-state index < -0.39 is 0 Å². The Bertz CT molecular complexity index is 303. The summed E-state index contributed by atoms with van der Waals surface area (Å²) < 4.78 is 0. The number of nitrogens with one attached hydrogen (secondary N) is 1. The van der Waals surface area contributed by atoms with Crippen LogP contribution < -0.4 is 5.32 Å². The van der Waals surface area contributed by atoms with Gasteiger partial charge in [0.25, 0.3) is 0 Å². The van der Waals surface area contributed by atoms with Crippen LogP contribution in [-0.2, 0) is 0 Å². The van der Waals surface area contributed by atoms with Crippen LogP contribution in [0, 0.1) is 11.8 Å². The molecule has 2 aliphatic carbocycles. The molecule has 0 bridgehead atoms. The summed E-state index contributed by atoms with van der Waals surface area (Å²) in [4.78, 5) is 2.94. The molecule has 0 amide bonds. The average molecular weight is 278 g/mol. The summed E-state index contributed by atoms with van der Waals surface area (Å²) >= 11 is 0. The molecule has 1 heterocycles. The molecule has 3 rings (SSSR count). The Hall–Kier alpha value is -0.0800. The van der Waals surface area contributed by atoms with Crippen molar-refractivity contribution in [3.63, 3.8) is 0 Å². The van der Waals surface area contributed by atoms with Crippen LogP contribution in [-0.4, -0.2) is 36.1 Å². The van der Waals surface area contributed by atoms with Crippen molar-refractivity contribution in [1.82, 2.24) is 10.2 Å². The van der Waals surface area contributed by atoms with Crippen LogP contribution in [0.15, 0.2) is 0 Å². The summed E-state index contributed by atoms with van der Waals surface area (Å²) in [5.41, 5.74) is 0.529. The number of rotatable bonds is 4. The van der Waals surface area contributed by atoms with Crippen LogP contribution in [0.5, 0.6) is 0 Å². The van der Waals surface area contributed by atoms with E-state index in [1.54, 1.807) is 0 Å². The van der Waals surface area contributed by atoms with E-state index in [0.29, 0.717) is 5.54 Å². The van der Waals surface area contributed by atoms with Crippen LogP contribution in [0.2, 0.25) is 0 Å². The van der Waals surface area contributed by atoms with E-state index in [0.717, 1.165) is 17.9 Å². The van der Waals surface area contributed by atoms with Gasteiger partial charge >= 0.3 is 0 Å². The topological polar surface area (TPSA) is 15.3 Å². The zero-order valence-electron chi connectivity index (χ0n) is 13.7. The number of nitrogens with zero attached hydrogens (tertiary/aromatic N) is 1. The zero-order chi connectivity index (χ0) is 14.0. The third kappa shape index (κ3) is 3.22. The van der Waals surface area contributed by atoms with Gasteiger partial charge in [-0.05, 0) is 43.9 Å². The van der Waals surface area contributed by atoms with E-state index in [2.05, 4.69) is 24.1 Å². The predicted octanol–water partition coefficient (Wildman–Crippen LogP) is 3.81. The van der Waals surface area contributed by atoms with Gasteiger partial charge in [0.1, 0.15) is 0 Å². The van der Waals surface area contributed by atoms with E-state index in [1.165, 1.54) is 77.4 Å². The smallest absolute Gasteiger partial charge is 0.0334 e. The zero-order valence-corrected chi connectivity index (χ0v) is 13.7. The van der Waals surface area contributed by atoms with Crippen molar-refractivity contribution in [2.75, 3.05) is 19.6 Å². The molecule has 0 aromatic heterocycles. The molecule has 20 heavy (non-hydrogen) atoms. The van der Waals surface area contributed by atoms with E-state index >= 15 is 0 Å². The van der Waals surface area contributed by atoms with Crippen LogP contribution in [0.3, 0.4) is 0 Å². The van der Waals surface area contributed by atoms with E-state index in [4.69, 9.17) is 0 Å². The second-order valence-electron chi connectivity index (χ2n) is 8.19. The summed E-state index contributed by atoms with van der Waals surface area (Å²) in [6.45, 7) is 8.70. The van der Waals surface area contributed by atoms with E-state index in [9.17, 15) is 0 Å². The lowest BCUT2D eigenvalue weighted by Crippen LogP contribution is -2.66. The molecular weight excluding hydrogens is 244 g/mol. The van der Waals surface area contributed by atoms with Gasteiger partial charge in [-0.1, -0.05) is 39.5 Å². The first-order valence-electron chi connectivity index (χ1n) is 9.16. The average Bonchev–Trinajstić information content (AvgIpc) is 2.38. The number of piperazine rings is 1. The highest BCUT2D eigenvalue weighted by atomic mass is 15.3. The third-order valence-electron chi connectivity index (χ3n) is 6.07. The molecule has 0 radical (unpaired) electrons. The molecule has 2 saturated carbocycles. The van der Waals surface area contributed by atoms with Gasteiger partial charge < -0.3 is 5.32 Å². The van der Waals surface area contributed by atoms with Gasteiger partial charge in [-0.3, -0.25) is 4.90 Å². The van der Waals surface area contributed by atoms with Crippen LogP contribution in [0.4, 0.5) is 0 Å². The monoisotopic (exact) mass is 278 g/mol. The maximum absolute atomic E-state index is 3.91. The molecule has 116 valence electrons. The summed E-state index contributed by atoms with van der Waals surface area (Å²) in [6, 6.07) is 0.739. The molecule has 1 saturated heterocycles. The minimum absolute atomic E-state index is 0.529. The maximum Gasteiger partial charge on any atom is 0.0334 e. The van der Waals surface area contributed by atoms with Crippen molar-refractivity contribution >= 4 is 0 Å². The standard InChI is InChI=1S/C18H34N2/c1-15(2)11-17-13-20(12-16-7-6-8-16)18(14-19-17)9-4-3-5-10-18/h15-17,19H,3-14H2,1-2H3. The Labute approximate surface area is 125 Å². The molecule has 3 aliphatic rings. The lowest BCUT2D eigenvalue weighted by molar-refractivity contribution is -0.0127. The highest BCUT2D eigenvalue weighted by Gasteiger charge is 2.43. The SMILES string of the molecule is CC(C)CC1CN(CC2CCC2)C2(CCCCC2)CN1. The molecule has 1 unspecified atom stereocenters. The minimum atomic E-state index is 0.529. The Balaban J connectivity index is 1.65. The third-order valence-corrected chi connectivity index (χ3v) is 6.07. The van der Waals surface area contributed by atoms with Crippen molar-refractivity contribution < 1.29 is 0 Å². The van der Waals surface area contributed by atoms with Crippen molar-refractivity contribution in [3.05, 3.63) is 0 Å². The molecule has 3 fully saturated rings. The molecule has 1 spiro atoms. The van der Waals surface area contributed by atoms with Gasteiger partial charge in [-0.15, -0.1) is 0 Å². The second kappa shape index (κ2) is 6.36. The van der Waals surface area contributed by atoms with Crippen LogP contribution >= 0.6 is 0 Å². The lowest BCUT2D eigenvalue weighted by Gasteiger charge is -2.54. The minimum Gasteiger partial charge on any atom is -0.311 e. The first-order valence-corrected chi connectivity index (χ1v) is 9.16. The predicted molar refractivity (Wildman–Crippen MR) is 86.0 cm³/mol. The molecule has 1 atom stereocenters. The van der Waals surface area contributed by atoms with Gasteiger partial charge in [0.15, 0.2) is 0 Å². The van der Waals surface area contributed by atoms with Crippen LogP contribution in [0.25, 0.3) is 0 Å². The van der Waals surface area contributed by atoms with Crippen molar-refractivity contribution in [2.24, 2.45) is 11.8 Å². The van der Waals surface area contributed by atoms with Gasteiger partial charge in [-0.25, -0.2) is 0 Å². The van der Waals surface area contributed by atoms with Crippen molar-refractivity contribution in [3.8, 4) is 0 Å². The maximum atomic E-state index is 3.91. The van der Waals surface area contributed by atoms with E-state index in [-0.39, 0.29) is 0 Å². The highest BCUT2D eigenvalue weighted by molar-refractivity contribution is 5.01. The van der Waals surface area contributed by atoms with Crippen LogP contribution in [0.1, 0.15) is 71.6 Å². The lowest BCUT2D eigenvalue weighted by atomic mass is 9.76. The summed E-state index contributed by atoms with van der Waals surface area (Å²) in [5.74, 6) is 1.84. The molecule has 1 N–H and O–H groups in total. The summed E-state index contributed by atoms with van der Waals surface area (Å²) in [5, 5.41) is 3.91. The van der Waals surface area contributed by atoms with Gasteiger partial charge in [0.2, 0.25) is 0 Å². The highest BCUT2D eigenvalue weighted by Crippen LogP contribution is 2.38. The quantitative estimate of drug-likeness (QED) is 0.841. The molecule has 0 aromatic carbocycles. The fraction of sp³-hybridized carbons (Fsp3) is 1.00. The largest absolute Gasteiger partial charge is 0.311 e. The van der Waals surface area contributed by atoms with Gasteiger partial charge in [-0.2, -0.15) is 0 Å². The van der Waals surface area contributed by atoms with Crippen molar-refractivity contribution in [2.45, 2.75) is 83.2 Å². The number of hydrogen-bond acceptors (Lipinski definition) is 2. The number of hydrogen-bond donors (Lipinski definition) is 1.